The van der Waals surface area contributed by atoms with E-state index in [1.54, 1.807) is 24.0 Å². The first-order chi connectivity index (χ1) is 9.90. The predicted molar refractivity (Wildman–Crippen MR) is 81.5 cm³/mol. The summed E-state index contributed by atoms with van der Waals surface area (Å²) >= 11 is 0. The third-order valence-electron chi connectivity index (χ3n) is 6.98. The average molecular weight is 267 g/mol. The standard InChI is InChI=1S/C19H25N/c1-2-5-15-12(4-1)8-9-18(15)20-19-11-13-10-17(19)16-7-3-6-14(13)16/h1-2,4-5,13-14,16-20H,3,6-11H2. The quantitative estimate of drug-likeness (QED) is 0.851. The Morgan fingerprint density at radius 2 is 1.80 bits per heavy atom. The number of nitrogens with one attached hydrogen (secondary N) is 1. The van der Waals surface area contributed by atoms with Gasteiger partial charge < -0.3 is 5.32 Å². The maximum atomic E-state index is 4.08. The molecule has 0 saturated heterocycles. The van der Waals surface area contributed by atoms with Gasteiger partial charge in [-0.1, -0.05) is 30.7 Å². The first kappa shape index (κ1) is 11.8. The molecule has 0 aliphatic heterocycles. The van der Waals surface area contributed by atoms with Crippen LogP contribution >= 0.6 is 0 Å². The third kappa shape index (κ3) is 1.59. The molecule has 3 fully saturated rings. The lowest BCUT2D eigenvalue weighted by Gasteiger charge is -2.34. The molecule has 0 spiro atoms. The van der Waals surface area contributed by atoms with Gasteiger partial charge in [0.1, 0.15) is 0 Å². The Morgan fingerprint density at radius 1 is 0.900 bits per heavy atom. The van der Waals surface area contributed by atoms with Crippen LogP contribution in [0.15, 0.2) is 24.3 Å². The summed E-state index contributed by atoms with van der Waals surface area (Å²) in [7, 11) is 0. The van der Waals surface area contributed by atoms with E-state index in [0.717, 1.165) is 29.7 Å². The zero-order chi connectivity index (χ0) is 13.1. The van der Waals surface area contributed by atoms with E-state index in [1.165, 1.54) is 32.1 Å². The molecule has 106 valence electrons. The number of benzene rings is 1. The topological polar surface area (TPSA) is 12.0 Å². The minimum Gasteiger partial charge on any atom is -0.307 e. The minimum absolute atomic E-state index is 0.649. The van der Waals surface area contributed by atoms with E-state index in [4.69, 9.17) is 0 Å². The van der Waals surface area contributed by atoms with Crippen molar-refractivity contribution in [1.82, 2.24) is 5.32 Å². The van der Waals surface area contributed by atoms with E-state index in [9.17, 15) is 0 Å². The summed E-state index contributed by atoms with van der Waals surface area (Å²) in [5.41, 5.74) is 3.19. The van der Waals surface area contributed by atoms with Gasteiger partial charge >= 0.3 is 0 Å². The Balaban J connectivity index is 1.34. The van der Waals surface area contributed by atoms with Crippen LogP contribution in [0.3, 0.4) is 0 Å². The number of hydrogen-bond donors (Lipinski definition) is 1. The van der Waals surface area contributed by atoms with Gasteiger partial charge in [0.25, 0.3) is 0 Å². The Morgan fingerprint density at radius 3 is 2.80 bits per heavy atom. The zero-order valence-electron chi connectivity index (χ0n) is 12.2. The van der Waals surface area contributed by atoms with Crippen LogP contribution in [0.2, 0.25) is 0 Å². The molecule has 1 N–H and O–H groups in total. The van der Waals surface area contributed by atoms with Gasteiger partial charge in [-0.25, -0.2) is 0 Å². The van der Waals surface area contributed by atoms with Crippen molar-refractivity contribution >= 4 is 0 Å². The second-order valence-electron chi connectivity index (χ2n) is 7.72. The lowest BCUT2D eigenvalue weighted by atomic mass is 9.79. The molecule has 0 radical (unpaired) electrons. The molecule has 1 aromatic carbocycles. The molecule has 1 nitrogen and oxygen atoms in total. The first-order valence-corrected chi connectivity index (χ1v) is 8.74. The van der Waals surface area contributed by atoms with Crippen LogP contribution in [0, 0.1) is 23.7 Å². The highest BCUT2D eigenvalue weighted by Crippen LogP contribution is 2.59. The van der Waals surface area contributed by atoms with E-state index < -0.39 is 0 Å². The summed E-state index contributed by atoms with van der Waals surface area (Å²) in [5, 5.41) is 4.08. The molecule has 5 rings (SSSR count). The van der Waals surface area contributed by atoms with E-state index >= 15 is 0 Å². The van der Waals surface area contributed by atoms with Gasteiger partial charge in [-0.05, 0) is 73.3 Å². The third-order valence-corrected chi connectivity index (χ3v) is 6.98. The van der Waals surface area contributed by atoms with Crippen LogP contribution < -0.4 is 5.32 Å². The van der Waals surface area contributed by atoms with Crippen LogP contribution in [0.25, 0.3) is 0 Å². The van der Waals surface area contributed by atoms with Crippen LogP contribution in [0.1, 0.15) is 55.7 Å². The van der Waals surface area contributed by atoms with Crippen molar-refractivity contribution in [2.45, 2.75) is 57.0 Å². The van der Waals surface area contributed by atoms with Crippen molar-refractivity contribution in [2.75, 3.05) is 0 Å². The molecule has 3 saturated carbocycles. The fourth-order valence-corrected chi connectivity index (χ4v) is 6.25. The lowest BCUT2D eigenvalue weighted by molar-refractivity contribution is 0.197. The molecule has 0 amide bonds. The van der Waals surface area contributed by atoms with Gasteiger partial charge in [-0.15, -0.1) is 0 Å². The molecule has 0 heterocycles. The normalized spacial score (nSPS) is 44.8. The Bertz CT molecular complexity index is 522. The van der Waals surface area contributed by atoms with Gasteiger partial charge in [-0.3, -0.25) is 0 Å². The number of aryl methyl sites for hydroxylation is 1. The summed E-state index contributed by atoms with van der Waals surface area (Å²) < 4.78 is 0. The van der Waals surface area contributed by atoms with Gasteiger partial charge in [0.15, 0.2) is 0 Å². The SMILES string of the molecule is c1ccc2c(c1)CCC2NC1CC2CC1C1CCCC21. The second-order valence-corrected chi connectivity index (χ2v) is 7.72. The van der Waals surface area contributed by atoms with Crippen molar-refractivity contribution in [1.29, 1.82) is 0 Å². The summed E-state index contributed by atoms with van der Waals surface area (Å²) in [5.74, 6) is 4.29. The zero-order valence-corrected chi connectivity index (χ0v) is 12.2. The maximum absolute atomic E-state index is 4.08. The maximum Gasteiger partial charge on any atom is 0.0328 e. The Hall–Kier alpha value is -0.820. The molecule has 2 bridgehead atoms. The predicted octanol–water partition coefficient (Wildman–Crippen LogP) is 4.09. The molecule has 4 aliphatic carbocycles. The summed E-state index contributed by atoms with van der Waals surface area (Å²) in [6.07, 6.45) is 10.2. The van der Waals surface area contributed by atoms with Crippen molar-refractivity contribution in [3.63, 3.8) is 0 Å². The highest BCUT2D eigenvalue weighted by molar-refractivity contribution is 5.34. The molecule has 0 aromatic heterocycles. The largest absolute Gasteiger partial charge is 0.307 e. The smallest absolute Gasteiger partial charge is 0.0328 e. The summed E-state index contributed by atoms with van der Waals surface area (Å²) in [6.45, 7) is 0. The highest BCUT2D eigenvalue weighted by Gasteiger charge is 2.53. The minimum atomic E-state index is 0.649. The summed E-state index contributed by atoms with van der Waals surface area (Å²) in [4.78, 5) is 0. The van der Waals surface area contributed by atoms with Crippen LogP contribution in [0.4, 0.5) is 0 Å². The molecule has 4 aliphatic rings. The molecular weight excluding hydrogens is 242 g/mol. The fraction of sp³-hybridized carbons (Fsp3) is 0.684. The van der Waals surface area contributed by atoms with Crippen LogP contribution in [0.5, 0.6) is 0 Å². The first-order valence-electron chi connectivity index (χ1n) is 8.74. The number of hydrogen-bond acceptors (Lipinski definition) is 1. The van der Waals surface area contributed by atoms with Crippen molar-refractivity contribution < 1.29 is 0 Å². The Kier molecular flexibility index (Phi) is 2.56. The second kappa shape index (κ2) is 4.34. The molecule has 1 aromatic rings. The van der Waals surface area contributed by atoms with Gasteiger partial charge in [-0.2, -0.15) is 0 Å². The van der Waals surface area contributed by atoms with E-state index in [1.807, 2.05) is 0 Å². The van der Waals surface area contributed by atoms with Crippen molar-refractivity contribution in [2.24, 2.45) is 23.7 Å². The van der Waals surface area contributed by atoms with Crippen LogP contribution in [-0.2, 0) is 6.42 Å². The lowest BCUT2D eigenvalue weighted by Crippen LogP contribution is -2.40. The monoisotopic (exact) mass is 267 g/mol. The van der Waals surface area contributed by atoms with Crippen LogP contribution in [-0.4, -0.2) is 6.04 Å². The van der Waals surface area contributed by atoms with Crippen molar-refractivity contribution in [3.8, 4) is 0 Å². The van der Waals surface area contributed by atoms with E-state index in [0.29, 0.717) is 6.04 Å². The number of rotatable bonds is 2. The summed E-state index contributed by atoms with van der Waals surface area (Å²) in [6, 6.07) is 10.6. The van der Waals surface area contributed by atoms with Gasteiger partial charge in [0.05, 0.1) is 0 Å². The molecule has 6 unspecified atom stereocenters. The number of fused-ring (bicyclic) bond motifs is 6. The van der Waals surface area contributed by atoms with Crippen molar-refractivity contribution in [3.05, 3.63) is 35.4 Å². The van der Waals surface area contributed by atoms with Gasteiger partial charge in [0.2, 0.25) is 0 Å². The molecule has 20 heavy (non-hydrogen) atoms. The highest BCUT2D eigenvalue weighted by atomic mass is 15.0. The molecule has 1 heteroatoms. The average Bonchev–Trinajstić information content (AvgIpc) is 3.19. The van der Waals surface area contributed by atoms with Gasteiger partial charge in [0, 0.05) is 12.1 Å². The Labute approximate surface area is 122 Å². The fourth-order valence-electron chi connectivity index (χ4n) is 6.25. The van der Waals surface area contributed by atoms with E-state index in [-0.39, 0.29) is 0 Å². The molecule has 6 atom stereocenters. The molecular formula is C19H25N. The van der Waals surface area contributed by atoms with E-state index in [2.05, 4.69) is 29.6 Å².